The summed E-state index contributed by atoms with van der Waals surface area (Å²) in [6.07, 6.45) is -5.31. The lowest BCUT2D eigenvalue weighted by Gasteiger charge is -2.20. The van der Waals surface area contributed by atoms with E-state index in [0.717, 1.165) is 12.1 Å². The number of benzene rings is 1. The van der Waals surface area contributed by atoms with Crippen molar-refractivity contribution >= 4 is 16.0 Å². The van der Waals surface area contributed by atoms with Crippen LogP contribution in [0.3, 0.4) is 0 Å². The van der Waals surface area contributed by atoms with Crippen molar-refractivity contribution in [1.29, 1.82) is 0 Å². The first-order valence-corrected chi connectivity index (χ1v) is 6.70. The molecule has 0 spiro atoms. The molecule has 1 aromatic rings. The Morgan fingerprint density at radius 1 is 1.25 bits per heavy atom. The van der Waals surface area contributed by atoms with Gasteiger partial charge in [-0.1, -0.05) is 18.2 Å². The van der Waals surface area contributed by atoms with Gasteiger partial charge in [-0.3, -0.25) is 0 Å². The maximum Gasteiger partial charge on any atom is 0.492 e. The van der Waals surface area contributed by atoms with Gasteiger partial charge >= 0.3 is 12.1 Å². The number of hydrogen-bond acceptors (Lipinski definition) is 5. The van der Waals surface area contributed by atoms with Gasteiger partial charge in [0.15, 0.2) is 0 Å². The molecule has 0 heterocycles. The number of rotatable bonds is 5. The fraction of sp³-hybridized carbons (Fsp3) is 0.300. The molecule has 1 rings (SSSR count). The summed E-state index contributed by atoms with van der Waals surface area (Å²) in [6.45, 7) is -0.920. The molecule has 0 saturated heterocycles. The lowest BCUT2D eigenvalue weighted by atomic mass is 10.4. The highest BCUT2D eigenvalue weighted by Gasteiger charge is 2.44. The average molecular weight is 312 g/mol. The summed E-state index contributed by atoms with van der Waals surface area (Å²) in [7, 11) is -4.41. The minimum atomic E-state index is -5.31. The minimum absolute atomic E-state index is 0.0713. The van der Waals surface area contributed by atoms with E-state index in [4.69, 9.17) is 5.73 Å². The van der Waals surface area contributed by atoms with Gasteiger partial charge in [0.25, 0.3) is 10.0 Å². The van der Waals surface area contributed by atoms with E-state index in [1.54, 1.807) is 0 Å². The maximum atomic E-state index is 12.1. The number of nitrogens with zero attached hydrogens (tertiary/aromatic N) is 1. The van der Waals surface area contributed by atoms with Crippen LogP contribution in [-0.2, 0) is 19.7 Å². The molecule has 0 unspecified atom stereocenters. The van der Waals surface area contributed by atoms with Crippen LogP contribution in [0.4, 0.5) is 13.2 Å². The largest absolute Gasteiger partial charge is 0.492 e. The molecule has 112 valence electrons. The van der Waals surface area contributed by atoms with Gasteiger partial charge in [0.2, 0.25) is 0 Å². The molecule has 6 nitrogen and oxygen atoms in total. The van der Waals surface area contributed by atoms with Crippen LogP contribution < -0.4 is 5.73 Å². The molecule has 0 aliphatic heterocycles. The van der Waals surface area contributed by atoms with Crippen molar-refractivity contribution in [2.75, 3.05) is 13.1 Å². The number of hydrogen-bond donors (Lipinski definition) is 1. The monoisotopic (exact) mass is 312 g/mol. The second-order valence-corrected chi connectivity index (χ2v) is 5.34. The number of carbonyl (C=O) groups excluding carboxylic acids is 1. The van der Waals surface area contributed by atoms with Gasteiger partial charge in [0.1, 0.15) is 0 Å². The predicted octanol–water partition coefficient (Wildman–Crippen LogP) is 0.656. The lowest BCUT2D eigenvalue weighted by Crippen LogP contribution is -2.41. The Bertz CT molecular complexity index is 560. The van der Waals surface area contributed by atoms with Gasteiger partial charge in [0, 0.05) is 6.54 Å². The predicted molar refractivity (Wildman–Crippen MR) is 61.5 cm³/mol. The van der Waals surface area contributed by atoms with Gasteiger partial charge in [-0.25, -0.2) is 13.2 Å². The molecule has 0 aromatic heterocycles. The minimum Gasteiger partial charge on any atom is -0.345 e. The smallest absolute Gasteiger partial charge is 0.345 e. The molecule has 0 amide bonds. The summed E-state index contributed by atoms with van der Waals surface area (Å²) in [5, 5.41) is 0. The normalized spacial score (nSPS) is 12.4. The highest BCUT2D eigenvalue weighted by molar-refractivity contribution is 7.89. The van der Waals surface area contributed by atoms with Crippen molar-refractivity contribution in [3.05, 3.63) is 30.3 Å². The molecule has 20 heavy (non-hydrogen) atoms. The molecular formula is C10H11F3N2O4S. The number of sulfonamides is 1. The summed E-state index contributed by atoms with van der Waals surface area (Å²) in [5.41, 5.74) is 5.11. The van der Waals surface area contributed by atoms with Crippen molar-refractivity contribution in [1.82, 2.24) is 4.47 Å². The van der Waals surface area contributed by atoms with Crippen molar-refractivity contribution in [3.63, 3.8) is 0 Å². The SMILES string of the molecule is NCCN(OC(=O)C(F)(F)F)S(=O)(=O)c1ccccc1. The van der Waals surface area contributed by atoms with Crippen LogP contribution in [0.5, 0.6) is 0 Å². The molecule has 0 radical (unpaired) electrons. The van der Waals surface area contributed by atoms with Crippen LogP contribution in [0.25, 0.3) is 0 Å². The highest BCUT2D eigenvalue weighted by Crippen LogP contribution is 2.21. The molecule has 0 saturated carbocycles. The molecule has 2 N–H and O–H groups in total. The Labute approximate surface area is 112 Å². The number of hydroxylamine groups is 1. The fourth-order valence-electron chi connectivity index (χ4n) is 1.17. The van der Waals surface area contributed by atoms with Crippen LogP contribution >= 0.6 is 0 Å². The van der Waals surface area contributed by atoms with Crippen molar-refractivity contribution < 1.29 is 31.2 Å². The number of nitrogens with two attached hydrogens (primary N) is 1. The number of carbonyl (C=O) groups is 1. The summed E-state index contributed by atoms with van der Waals surface area (Å²) in [4.78, 5) is 14.3. The third kappa shape index (κ3) is 3.92. The molecular weight excluding hydrogens is 301 g/mol. The first kappa shape index (κ1) is 16.4. The molecule has 0 bridgehead atoms. The second kappa shape index (κ2) is 6.20. The van der Waals surface area contributed by atoms with E-state index < -0.39 is 28.7 Å². The quantitative estimate of drug-likeness (QED) is 0.807. The van der Waals surface area contributed by atoms with E-state index >= 15 is 0 Å². The molecule has 10 heteroatoms. The standard InChI is InChI=1S/C10H11F3N2O4S/c11-10(12,13)9(16)19-15(7-6-14)20(17,18)8-4-2-1-3-5-8/h1-5H,6-7,14H2. The molecule has 1 aromatic carbocycles. The van der Waals surface area contributed by atoms with E-state index in [-0.39, 0.29) is 15.9 Å². The van der Waals surface area contributed by atoms with Crippen molar-refractivity contribution in [2.45, 2.75) is 11.1 Å². The maximum absolute atomic E-state index is 12.1. The fourth-order valence-corrected chi connectivity index (χ4v) is 2.42. The zero-order valence-corrected chi connectivity index (χ0v) is 10.8. The van der Waals surface area contributed by atoms with Gasteiger partial charge in [-0.15, -0.1) is 0 Å². The van der Waals surface area contributed by atoms with Crippen LogP contribution in [0.1, 0.15) is 0 Å². The summed E-state index contributed by atoms with van der Waals surface area (Å²) >= 11 is 0. The van der Waals surface area contributed by atoms with Crippen LogP contribution in [0.2, 0.25) is 0 Å². The average Bonchev–Trinajstić information content (AvgIpc) is 2.38. The summed E-state index contributed by atoms with van der Waals surface area (Å²) in [5.74, 6) is -2.63. The van der Waals surface area contributed by atoms with Crippen LogP contribution in [0.15, 0.2) is 35.2 Å². The van der Waals surface area contributed by atoms with Gasteiger partial charge < -0.3 is 10.6 Å². The van der Waals surface area contributed by atoms with Gasteiger partial charge in [0.05, 0.1) is 11.4 Å². The van der Waals surface area contributed by atoms with Crippen molar-refractivity contribution in [2.24, 2.45) is 5.73 Å². The topological polar surface area (TPSA) is 89.7 Å². The molecule has 0 atom stereocenters. The summed E-state index contributed by atoms with van der Waals surface area (Å²) < 4.78 is 60.3. The first-order valence-electron chi connectivity index (χ1n) is 5.26. The van der Waals surface area contributed by atoms with E-state index in [1.807, 2.05) is 0 Å². The second-order valence-electron chi connectivity index (χ2n) is 3.51. The summed E-state index contributed by atoms with van der Waals surface area (Å²) in [6, 6.07) is 6.58. The number of halogens is 3. The Morgan fingerprint density at radius 3 is 2.25 bits per heavy atom. The third-order valence-corrected chi connectivity index (χ3v) is 3.70. The van der Waals surface area contributed by atoms with Crippen LogP contribution in [-0.4, -0.2) is 38.1 Å². The molecule has 0 fully saturated rings. The Morgan fingerprint density at radius 2 is 1.80 bits per heavy atom. The zero-order chi connectivity index (χ0) is 15.4. The Kier molecular flexibility index (Phi) is 5.09. The van der Waals surface area contributed by atoms with Crippen LogP contribution in [0, 0.1) is 0 Å². The molecule has 0 aliphatic carbocycles. The zero-order valence-electron chi connectivity index (χ0n) is 10.0. The van der Waals surface area contributed by atoms with Gasteiger partial charge in [-0.2, -0.15) is 13.2 Å². The Hall–Kier alpha value is -1.65. The Balaban J connectivity index is 3.05. The van der Waals surface area contributed by atoms with E-state index in [0.29, 0.717) is 0 Å². The van der Waals surface area contributed by atoms with E-state index in [9.17, 15) is 26.4 Å². The van der Waals surface area contributed by atoms with Gasteiger partial charge in [-0.05, 0) is 16.6 Å². The van der Waals surface area contributed by atoms with Crippen molar-refractivity contribution in [3.8, 4) is 0 Å². The third-order valence-electron chi connectivity index (χ3n) is 2.04. The highest BCUT2D eigenvalue weighted by atomic mass is 32.2. The van der Waals surface area contributed by atoms with E-state index in [2.05, 4.69) is 4.84 Å². The molecule has 0 aliphatic rings. The van der Waals surface area contributed by atoms with E-state index in [1.165, 1.54) is 18.2 Å². The number of alkyl halides is 3. The first-order chi connectivity index (χ1) is 9.19. The lowest BCUT2D eigenvalue weighted by molar-refractivity contribution is -0.222.